The predicted octanol–water partition coefficient (Wildman–Crippen LogP) is 2.93. The molecule has 1 aromatic heterocycles. The Kier molecular flexibility index (Phi) is 5.22. The molecule has 0 unspecified atom stereocenters. The fourth-order valence-corrected chi connectivity index (χ4v) is 3.33. The number of nitrogens with one attached hydrogen (secondary N) is 1. The van der Waals surface area contributed by atoms with Crippen molar-refractivity contribution < 1.29 is 9.90 Å². The Morgan fingerprint density at radius 3 is 2.90 bits per heavy atom. The summed E-state index contributed by atoms with van der Waals surface area (Å²) in [5.74, 6) is 5.82. The number of hydrogen-bond donors (Lipinski definition) is 2. The third kappa shape index (κ3) is 3.84. The van der Waals surface area contributed by atoms with Gasteiger partial charge in [0.25, 0.3) is 5.91 Å². The first-order valence-electron chi connectivity index (χ1n) is 7.14. The summed E-state index contributed by atoms with van der Waals surface area (Å²) in [6.45, 7) is 2.19. The van der Waals surface area contributed by atoms with Crippen molar-refractivity contribution in [1.29, 1.82) is 0 Å². The van der Waals surface area contributed by atoms with E-state index in [1.807, 2.05) is 11.4 Å². The Morgan fingerprint density at radius 1 is 1.45 bits per heavy atom. The van der Waals surface area contributed by atoms with E-state index >= 15 is 0 Å². The molecule has 1 fully saturated rings. The highest BCUT2D eigenvalue weighted by Gasteiger charge is 2.29. The predicted molar refractivity (Wildman–Crippen MR) is 81.9 cm³/mol. The molecule has 2 rings (SSSR count). The van der Waals surface area contributed by atoms with E-state index in [0.717, 1.165) is 18.4 Å². The van der Waals surface area contributed by atoms with Crippen LogP contribution in [0.15, 0.2) is 11.4 Å². The van der Waals surface area contributed by atoms with Gasteiger partial charge in [0.05, 0.1) is 6.61 Å². The third-order valence-corrected chi connectivity index (χ3v) is 4.62. The van der Waals surface area contributed by atoms with Crippen molar-refractivity contribution in [2.45, 2.75) is 51.0 Å². The number of amides is 1. The van der Waals surface area contributed by atoms with Crippen molar-refractivity contribution in [3.63, 3.8) is 0 Å². The zero-order valence-electron chi connectivity index (χ0n) is 11.9. The summed E-state index contributed by atoms with van der Waals surface area (Å²) in [6, 6.07) is 1.87. The lowest BCUT2D eigenvalue weighted by atomic mass is 9.83. The Labute approximate surface area is 124 Å². The molecule has 0 aliphatic heterocycles. The minimum absolute atomic E-state index is 0.0160. The number of thiophene rings is 1. The summed E-state index contributed by atoms with van der Waals surface area (Å²) < 4.78 is 0. The van der Waals surface area contributed by atoms with Crippen LogP contribution in [-0.2, 0) is 0 Å². The molecule has 0 atom stereocenters. The fourth-order valence-electron chi connectivity index (χ4n) is 2.59. The zero-order valence-corrected chi connectivity index (χ0v) is 12.7. The second-order valence-corrected chi connectivity index (χ2v) is 6.43. The van der Waals surface area contributed by atoms with E-state index in [4.69, 9.17) is 5.11 Å². The molecule has 4 heteroatoms. The molecule has 0 bridgehead atoms. The largest absolute Gasteiger partial charge is 0.395 e. The van der Waals surface area contributed by atoms with E-state index in [-0.39, 0.29) is 18.1 Å². The van der Waals surface area contributed by atoms with Crippen LogP contribution in [0.4, 0.5) is 0 Å². The van der Waals surface area contributed by atoms with Crippen molar-refractivity contribution in [2.75, 3.05) is 6.61 Å². The molecular formula is C16H21NO2S. The molecule has 1 aliphatic rings. The Morgan fingerprint density at radius 2 is 2.20 bits per heavy atom. The van der Waals surface area contributed by atoms with Crippen LogP contribution in [0.5, 0.6) is 0 Å². The van der Waals surface area contributed by atoms with Crippen molar-refractivity contribution in [3.05, 3.63) is 21.9 Å². The quantitative estimate of drug-likeness (QED) is 0.841. The van der Waals surface area contributed by atoms with Gasteiger partial charge >= 0.3 is 0 Å². The van der Waals surface area contributed by atoms with Crippen LogP contribution in [-0.4, -0.2) is 23.2 Å². The van der Waals surface area contributed by atoms with Crippen LogP contribution < -0.4 is 5.32 Å². The smallest absolute Gasteiger partial charge is 0.263 e. The lowest BCUT2D eigenvalue weighted by Gasteiger charge is -2.34. The average molecular weight is 291 g/mol. The molecule has 1 saturated carbocycles. The van der Waals surface area contributed by atoms with Crippen LogP contribution in [0.2, 0.25) is 0 Å². The highest BCUT2D eigenvalue weighted by Crippen LogP contribution is 2.28. The van der Waals surface area contributed by atoms with Crippen LogP contribution in [0.1, 0.15) is 60.7 Å². The van der Waals surface area contributed by atoms with Crippen molar-refractivity contribution >= 4 is 17.2 Å². The highest BCUT2D eigenvalue weighted by atomic mass is 32.1. The van der Waals surface area contributed by atoms with Gasteiger partial charge in [-0.3, -0.25) is 4.79 Å². The minimum atomic E-state index is -0.0743. The number of rotatable bonds is 3. The number of aliphatic hydroxyl groups is 1. The molecule has 1 amide bonds. The SMILES string of the molecule is CC1(NC(=O)c2sccc2C#CCCO)CCCCC1. The normalized spacial score (nSPS) is 17.1. The second kappa shape index (κ2) is 6.92. The fraction of sp³-hybridized carbons (Fsp3) is 0.562. The van der Waals surface area contributed by atoms with Crippen LogP contribution in [0.3, 0.4) is 0 Å². The topological polar surface area (TPSA) is 49.3 Å². The van der Waals surface area contributed by atoms with Crippen molar-refractivity contribution in [3.8, 4) is 11.8 Å². The summed E-state index contributed by atoms with van der Waals surface area (Å²) in [5.41, 5.74) is 0.690. The van der Waals surface area contributed by atoms with Crippen LogP contribution in [0.25, 0.3) is 0 Å². The molecule has 1 aromatic rings. The first-order valence-corrected chi connectivity index (χ1v) is 8.02. The van der Waals surface area contributed by atoms with Crippen molar-refractivity contribution in [1.82, 2.24) is 5.32 Å². The second-order valence-electron chi connectivity index (χ2n) is 5.51. The monoisotopic (exact) mass is 291 g/mol. The molecule has 0 aromatic carbocycles. The molecule has 3 nitrogen and oxygen atoms in total. The van der Waals surface area contributed by atoms with Gasteiger partial charge in [-0.05, 0) is 31.2 Å². The van der Waals surface area contributed by atoms with Gasteiger partial charge in [-0.2, -0.15) is 0 Å². The van der Waals surface area contributed by atoms with Crippen LogP contribution in [0, 0.1) is 11.8 Å². The summed E-state index contributed by atoms with van der Waals surface area (Å²) in [6.07, 6.45) is 6.18. The first-order chi connectivity index (χ1) is 9.64. The molecule has 0 spiro atoms. The van der Waals surface area contributed by atoms with Gasteiger partial charge in [-0.1, -0.05) is 31.1 Å². The van der Waals surface area contributed by atoms with Gasteiger partial charge in [-0.15, -0.1) is 11.3 Å². The van der Waals surface area contributed by atoms with E-state index in [0.29, 0.717) is 11.3 Å². The lowest BCUT2D eigenvalue weighted by molar-refractivity contribution is 0.0887. The van der Waals surface area contributed by atoms with Gasteiger partial charge in [0.1, 0.15) is 4.88 Å². The molecule has 20 heavy (non-hydrogen) atoms. The third-order valence-electron chi connectivity index (χ3n) is 3.70. The van der Waals surface area contributed by atoms with Gasteiger partial charge in [0.2, 0.25) is 0 Å². The summed E-state index contributed by atoms with van der Waals surface area (Å²) >= 11 is 1.43. The molecular weight excluding hydrogens is 270 g/mol. The van der Waals surface area contributed by atoms with Gasteiger partial charge < -0.3 is 10.4 Å². The van der Waals surface area contributed by atoms with E-state index in [9.17, 15) is 4.79 Å². The molecule has 108 valence electrons. The highest BCUT2D eigenvalue weighted by molar-refractivity contribution is 7.12. The number of hydrogen-bond acceptors (Lipinski definition) is 3. The molecule has 1 aliphatic carbocycles. The average Bonchev–Trinajstić information content (AvgIpc) is 2.88. The Balaban J connectivity index is 2.06. The number of carbonyl (C=O) groups excluding carboxylic acids is 1. The molecule has 1 heterocycles. The minimum Gasteiger partial charge on any atom is -0.395 e. The maximum atomic E-state index is 12.4. The zero-order chi connectivity index (χ0) is 14.4. The van der Waals surface area contributed by atoms with E-state index < -0.39 is 0 Å². The maximum absolute atomic E-state index is 12.4. The Bertz CT molecular complexity index is 518. The van der Waals surface area contributed by atoms with E-state index in [2.05, 4.69) is 24.1 Å². The molecule has 0 radical (unpaired) electrons. The van der Waals surface area contributed by atoms with Crippen molar-refractivity contribution in [2.24, 2.45) is 0 Å². The van der Waals surface area contributed by atoms with E-state index in [1.165, 1.54) is 30.6 Å². The summed E-state index contributed by atoms with van der Waals surface area (Å²) in [5, 5.41) is 13.8. The number of carbonyl (C=O) groups is 1. The Hall–Kier alpha value is -1.31. The number of aliphatic hydroxyl groups excluding tert-OH is 1. The van der Waals surface area contributed by atoms with Gasteiger partial charge in [0.15, 0.2) is 0 Å². The van der Waals surface area contributed by atoms with E-state index in [1.54, 1.807) is 0 Å². The molecule has 0 saturated heterocycles. The maximum Gasteiger partial charge on any atom is 0.263 e. The summed E-state index contributed by atoms with van der Waals surface area (Å²) in [4.78, 5) is 13.1. The molecule has 2 N–H and O–H groups in total. The van der Waals surface area contributed by atoms with Gasteiger partial charge in [-0.25, -0.2) is 0 Å². The summed E-state index contributed by atoms with van der Waals surface area (Å²) in [7, 11) is 0. The van der Waals surface area contributed by atoms with Crippen LogP contribution >= 0.6 is 11.3 Å². The van der Waals surface area contributed by atoms with Gasteiger partial charge in [0, 0.05) is 17.5 Å². The first kappa shape index (κ1) is 15.1. The lowest BCUT2D eigenvalue weighted by Crippen LogP contribution is -2.47. The standard InChI is InChI=1S/C16H21NO2S/c1-16(9-4-2-5-10-16)17-15(19)14-13(8-12-20-14)7-3-6-11-18/h8,12,18H,2,4-6,9-11H2,1H3,(H,17,19).